The Morgan fingerprint density at radius 2 is 1.60 bits per heavy atom. The lowest BCUT2D eigenvalue weighted by molar-refractivity contribution is -0.147. The molecule has 3 N–H and O–H groups in total. The van der Waals surface area contributed by atoms with Gasteiger partial charge in [0.25, 0.3) is 0 Å². The summed E-state index contributed by atoms with van der Waals surface area (Å²) < 4.78 is 4.84. The van der Waals surface area contributed by atoms with Gasteiger partial charge in [-0.05, 0) is 44.9 Å². The summed E-state index contributed by atoms with van der Waals surface area (Å²) in [4.78, 5) is 11.4. The first kappa shape index (κ1) is 28.1. The zero-order valence-corrected chi connectivity index (χ0v) is 18.4. The maximum absolute atomic E-state index is 11.4. The van der Waals surface area contributed by atoms with Crippen molar-refractivity contribution in [2.75, 3.05) is 13.2 Å². The highest BCUT2D eigenvalue weighted by Crippen LogP contribution is 2.05. The van der Waals surface area contributed by atoms with Crippen molar-refractivity contribution in [3.8, 4) is 0 Å². The van der Waals surface area contributed by atoms with E-state index in [1.165, 1.54) is 0 Å². The minimum absolute atomic E-state index is 0.153. The van der Waals surface area contributed by atoms with Gasteiger partial charge in [0, 0.05) is 6.42 Å². The van der Waals surface area contributed by atoms with Crippen LogP contribution in [0.5, 0.6) is 0 Å². The molecule has 2 atom stereocenters. The van der Waals surface area contributed by atoms with Crippen LogP contribution in [0, 0.1) is 0 Å². The zero-order chi connectivity index (χ0) is 22.3. The van der Waals surface area contributed by atoms with Crippen LogP contribution in [0.2, 0.25) is 0 Å². The van der Waals surface area contributed by atoms with E-state index in [-0.39, 0.29) is 12.6 Å². The molecule has 2 unspecified atom stereocenters. The van der Waals surface area contributed by atoms with Crippen LogP contribution < -0.4 is 0 Å². The smallest absolute Gasteiger partial charge is 0.305 e. The molecule has 0 aromatic rings. The van der Waals surface area contributed by atoms with Crippen molar-refractivity contribution < 1.29 is 24.9 Å². The minimum atomic E-state index is -0.998. The Morgan fingerprint density at radius 3 is 2.30 bits per heavy atom. The van der Waals surface area contributed by atoms with Gasteiger partial charge in [0.1, 0.15) is 12.7 Å². The van der Waals surface area contributed by atoms with Gasteiger partial charge in [0.05, 0.1) is 12.7 Å². The van der Waals surface area contributed by atoms with Crippen molar-refractivity contribution in [2.24, 2.45) is 0 Å². The lowest BCUT2D eigenvalue weighted by atomic mass is 10.1. The fourth-order valence-corrected chi connectivity index (χ4v) is 2.41. The Labute approximate surface area is 182 Å². The number of esters is 1. The second-order valence-corrected chi connectivity index (χ2v) is 7.03. The third kappa shape index (κ3) is 20.8. The van der Waals surface area contributed by atoms with Gasteiger partial charge in [-0.15, -0.1) is 0 Å². The quantitative estimate of drug-likeness (QED) is 0.131. The van der Waals surface area contributed by atoms with Crippen molar-refractivity contribution in [2.45, 2.75) is 76.9 Å². The van der Waals surface area contributed by atoms with Gasteiger partial charge in [0.2, 0.25) is 0 Å². The molecule has 5 heteroatoms. The van der Waals surface area contributed by atoms with Crippen molar-refractivity contribution in [3.63, 3.8) is 0 Å². The molecule has 0 aliphatic heterocycles. The second-order valence-electron chi connectivity index (χ2n) is 7.03. The van der Waals surface area contributed by atoms with Crippen LogP contribution in [0.4, 0.5) is 0 Å². The Morgan fingerprint density at radius 1 is 0.900 bits per heavy atom. The number of carbonyl (C=O) groups excluding carboxylic acids is 1. The van der Waals surface area contributed by atoms with E-state index in [2.05, 4.69) is 37.3 Å². The van der Waals surface area contributed by atoms with E-state index < -0.39 is 18.8 Å². The molecule has 170 valence electrons. The summed E-state index contributed by atoms with van der Waals surface area (Å²) in [7, 11) is 0. The number of aliphatic hydroxyl groups is 3. The van der Waals surface area contributed by atoms with Crippen LogP contribution in [0.25, 0.3) is 0 Å². The Kier molecular flexibility index (Phi) is 20.3. The Hall–Kier alpha value is -1.95. The maximum atomic E-state index is 11.4. The van der Waals surface area contributed by atoms with Gasteiger partial charge in [-0.25, -0.2) is 0 Å². The van der Waals surface area contributed by atoms with Crippen LogP contribution in [0.1, 0.15) is 64.7 Å². The molecule has 0 aliphatic rings. The van der Waals surface area contributed by atoms with Gasteiger partial charge >= 0.3 is 5.97 Å². The number of unbranched alkanes of at least 4 members (excludes halogenated alkanes) is 3. The normalized spacial score (nSPS) is 14.7. The third-order valence-corrected chi connectivity index (χ3v) is 4.14. The van der Waals surface area contributed by atoms with E-state index in [0.29, 0.717) is 12.8 Å². The number of aliphatic hydroxyl groups excluding tert-OH is 3. The predicted octanol–water partition coefficient (Wildman–Crippen LogP) is 4.56. The molecule has 0 aromatic heterocycles. The number of ether oxygens (including phenoxy) is 1. The lowest BCUT2D eigenvalue weighted by Crippen LogP contribution is -2.21. The van der Waals surface area contributed by atoms with Gasteiger partial charge in [-0.2, -0.15) is 0 Å². The number of allylic oxidation sites excluding steroid dienone is 8. The number of carbonyl (C=O) groups is 1. The monoisotopic (exact) mass is 420 g/mol. The summed E-state index contributed by atoms with van der Waals surface area (Å²) in [6, 6.07) is 0. The first-order valence-corrected chi connectivity index (χ1v) is 11.0. The van der Waals surface area contributed by atoms with E-state index >= 15 is 0 Å². The molecular weight excluding hydrogens is 380 g/mol. The summed E-state index contributed by atoms with van der Waals surface area (Å²) in [5.41, 5.74) is 0. The highest BCUT2D eigenvalue weighted by molar-refractivity contribution is 5.69. The average Bonchev–Trinajstić information content (AvgIpc) is 2.75. The van der Waals surface area contributed by atoms with Crippen molar-refractivity contribution in [1.82, 2.24) is 0 Å². The fraction of sp³-hybridized carbons (Fsp3) is 0.560. The van der Waals surface area contributed by atoms with E-state index in [1.54, 1.807) is 6.08 Å². The predicted molar refractivity (Wildman–Crippen MR) is 123 cm³/mol. The molecule has 0 rings (SSSR count). The molecule has 0 aliphatic carbocycles. The van der Waals surface area contributed by atoms with E-state index in [0.717, 1.165) is 44.9 Å². The van der Waals surface area contributed by atoms with Crippen LogP contribution in [-0.4, -0.2) is 46.7 Å². The lowest BCUT2D eigenvalue weighted by Gasteiger charge is -2.08. The molecule has 0 aromatic carbocycles. The van der Waals surface area contributed by atoms with Crippen LogP contribution in [0.15, 0.2) is 60.8 Å². The number of hydrogen-bond acceptors (Lipinski definition) is 5. The summed E-state index contributed by atoms with van der Waals surface area (Å²) in [6.45, 7) is 1.57. The summed E-state index contributed by atoms with van der Waals surface area (Å²) in [6.07, 6.45) is 26.2. The van der Waals surface area contributed by atoms with Crippen molar-refractivity contribution >= 4 is 5.97 Å². The SMILES string of the molecule is CCC=CCC=CCC=CCC(O)C=CC=CCCCCCC(=O)OCC(O)CO. The summed E-state index contributed by atoms with van der Waals surface area (Å²) in [5, 5.41) is 27.6. The Bertz CT molecular complexity index is 546. The van der Waals surface area contributed by atoms with E-state index in [4.69, 9.17) is 14.9 Å². The molecule has 0 spiro atoms. The van der Waals surface area contributed by atoms with Crippen LogP contribution >= 0.6 is 0 Å². The highest BCUT2D eigenvalue weighted by atomic mass is 16.5. The van der Waals surface area contributed by atoms with E-state index in [1.807, 2.05) is 24.3 Å². The Balaban J connectivity index is 3.65. The summed E-state index contributed by atoms with van der Waals surface area (Å²) >= 11 is 0. The molecule has 0 fully saturated rings. The van der Waals surface area contributed by atoms with Gasteiger partial charge in [-0.3, -0.25) is 4.79 Å². The maximum Gasteiger partial charge on any atom is 0.305 e. The molecule has 0 bridgehead atoms. The average molecular weight is 421 g/mol. The van der Waals surface area contributed by atoms with Crippen molar-refractivity contribution in [3.05, 3.63) is 60.8 Å². The van der Waals surface area contributed by atoms with E-state index in [9.17, 15) is 9.90 Å². The zero-order valence-electron chi connectivity index (χ0n) is 18.4. The first-order chi connectivity index (χ1) is 14.6. The van der Waals surface area contributed by atoms with Crippen LogP contribution in [-0.2, 0) is 9.53 Å². The largest absolute Gasteiger partial charge is 0.463 e. The van der Waals surface area contributed by atoms with Crippen molar-refractivity contribution in [1.29, 1.82) is 0 Å². The molecule has 0 amide bonds. The molecule has 0 heterocycles. The molecule has 0 saturated heterocycles. The molecular formula is C25H40O5. The number of hydrogen-bond donors (Lipinski definition) is 3. The topological polar surface area (TPSA) is 87.0 Å². The van der Waals surface area contributed by atoms with Crippen LogP contribution in [0.3, 0.4) is 0 Å². The third-order valence-electron chi connectivity index (χ3n) is 4.14. The molecule has 30 heavy (non-hydrogen) atoms. The van der Waals surface area contributed by atoms with Gasteiger partial charge in [-0.1, -0.05) is 74.1 Å². The van der Waals surface area contributed by atoms with Gasteiger partial charge in [0.15, 0.2) is 0 Å². The standard InChI is InChI=1S/C25H40O5/c1-2-3-4-5-6-7-9-12-15-18-23(27)19-16-13-10-8-11-14-17-20-25(29)30-22-24(28)21-26/h3-4,6-7,10,12-13,15-16,19,23-24,26-28H,2,5,8-9,11,14,17-18,20-22H2,1H3. The number of rotatable bonds is 18. The molecule has 0 saturated carbocycles. The highest BCUT2D eigenvalue weighted by Gasteiger charge is 2.07. The minimum Gasteiger partial charge on any atom is -0.463 e. The second kappa shape index (κ2) is 21.8. The first-order valence-electron chi connectivity index (χ1n) is 11.0. The molecule has 0 radical (unpaired) electrons. The van der Waals surface area contributed by atoms with Gasteiger partial charge < -0.3 is 20.1 Å². The molecule has 5 nitrogen and oxygen atoms in total. The fourth-order valence-electron chi connectivity index (χ4n) is 2.41. The summed E-state index contributed by atoms with van der Waals surface area (Å²) in [5.74, 6) is -0.343.